The minimum Gasteiger partial charge on any atom is -0.394 e. The van der Waals surface area contributed by atoms with Gasteiger partial charge in [0, 0.05) is 18.2 Å². The number of hydrogen-bond donors (Lipinski definition) is 5. The monoisotopic (exact) mass is 618 g/mol. The molecule has 3 aromatic carbocycles. The van der Waals surface area contributed by atoms with Crippen molar-refractivity contribution in [1.82, 2.24) is 26.1 Å². The van der Waals surface area contributed by atoms with E-state index in [4.69, 9.17) is 10.6 Å². The Morgan fingerprint density at radius 2 is 1.78 bits per heavy atom. The van der Waals surface area contributed by atoms with Gasteiger partial charge in [-0.05, 0) is 72.6 Å². The van der Waals surface area contributed by atoms with E-state index in [1.165, 1.54) is 12.4 Å². The maximum absolute atomic E-state index is 13.2. The maximum Gasteiger partial charge on any atom is 0.270 e. The molecule has 6 N–H and O–H groups in total. The third-order valence-corrected chi connectivity index (χ3v) is 8.89. The number of aliphatic imine (C=N–C) groups is 1. The molecule has 0 saturated carbocycles. The lowest BCUT2D eigenvalue weighted by Crippen LogP contribution is -2.37. The molecular weight excluding hydrogens is 588 g/mol. The summed E-state index contributed by atoms with van der Waals surface area (Å²) in [5.74, 6) is 0.0523. The van der Waals surface area contributed by atoms with Crippen molar-refractivity contribution in [2.75, 3.05) is 11.1 Å². The van der Waals surface area contributed by atoms with E-state index in [-0.39, 0.29) is 41.4 Å². The molecule has 1 aliphatic heterocycles. The highest BCUT2D eigenvalue weighted by Crippen LogP contribution is 2.36. The van der Waals surface area contributed by atoms with Crippen molar-refractivity contribution in [3.8, 4) is 0 Å². The third kappa shape index (κ3) is 5.05. The number of nitrogens with zero attached hydrogens (tertiary/aromatic N) is 3. The minimum atomic E-state index is -0.660. The smallest absolute Gasteiger partial charge is 0.270 e. The van der Waals surface area contributed by atoms with E-state index in [0.717, 1.165) is 64.6 Å². The van der Waals surface area contributed by atoms with Gasteiger partial charge in [-0.15, -0.1) is 0 Å². The second-order valence-corrected chi connectivity index (χ2v) is 11.6. The molecule has 4 aromatic rings. The molecule has 13 heteroatoms. The maximum atomic E-state index is 13.2. The molecule has 13 nitrogen and oxygen atoms in total. The van der Waals surface area contributed by atoms with Gasteiger partial charge in [-0.25, -0.2) is 15.4 Å². The van der Waals surface area contributed by atoms with Crippen LogP contribution in [0.3, 0.4) is 0 Å². The number of rotatable bonds is 8. The number of fused-ring (bicyclic) bond motifs is 2. The Morgan fingerprint density at radius 3 is 2.54 bits per heavy atom. The van der Waals surface area contributed by atoms with Crippen molar-refractivity contribution in [2.24, 2.45) is 4.99 Å². The lowest BCUT2D eigenvalue weighted by atomic mass is 9.97. The molecule has 3 aliphatic rings. The van der Waals surface area contributed by atoms with Gasteiger partial charge in [0.1, 0.15) is 29.1 Å². The van der Waals surface area contributed by atoms with E-state index >= 15 is 0 Å². The molecule has 2 atom stereocenters. The van der Waals surface area contributed by atoms with Gasteiger partial charge in [-0.2, -0.15) is 4.99 Å². The first-order valence-electron chi connectivity index (χ1n) is 14.9. The predicted molar refractivity (Wildman–Crippen MR) is 170 cm³/mol. The molecule has 232 valence electrons. The molecule has 7 rings (SSSR count). The van der Waals surface area contributed by atoms with Crippen LogP contribution in [0, 0.1) is 6.92 Å². The van der Waals surface area contributed by atoms with E-state index in [1.54, 1.807) is 0 Å². The van der Waals surface area contributed by atoms with Crippen molar-refractivity contribution in [1.29, 1.82) is 0 Å². The van der Waals surface area contributed by atoms with Crippen LogP contribution in [-0.2, 0) is 24.2 Å². The van der Waals surface area contributed by atoms with Gasteiger partial charge in [0.15, 0.2) is 5.84 Å². The van der Waals surface area contributed by atoms with Crippen LogP contribution in [0.4, 0.5) is 11.4 Å². The van der Waals surface area contributed by atoms with Gasteiger partial charge >= 0.3 is 0 Å². The summed E-state index contributed by atoms with van der Waals surface area (Å²) < 4.78 is 0. The van der Waals surface area contributed by atoms with Gasteiger partial charge < -0.3 is 26.5 Å². The summed E-state index contributed by atoms with van der Waals surface area (Å²) >= 11 is 0. The number of anilines is 2. The van der Waals surface area contributed by atoms with Crippen molar-refractivity contribution >= 4 is 29.0 Å². The molecule has 0 radical (unpaired) electrons. The summed E-state index contributed by atoms with van der Waals surface area (Å²) in [5.41, 5.74) is 14.6. The fraction of sp³-hybridized carbons (Fsp3) is 0.242. The van der Waals surface area contributed by atoms with Crippen LogP contribution >= 0.6 is 0 Å². The zero-order valence-electron chi connectivity index (χ0n) is 24.9. The number of amidine groups is 1. The molecule has 1 aromatic heterocycles. The molecule has 0 bridgehead atoms. The van der Waals surface area contributed by atoms with E-state index in [1.807, 2.05) is 37.3 Å². The summed E-state index contributed by atoms with van der Waals surface area (Å²) in [7, 11) is 0. The van der Waals surface area contributed by atoms with Crippen LogP contribution in [0.1, 0.15) is 84.8 Å². The number of hydroxylamine groups is 1. The van der Waals surface area contributed by atoms with Gasteiger partial charge in [-0.1, -0.05) is 30.3 Å². The zero-order valence-corrected chi connectivity index (χ0v) is 24.9. The van der Waals surface area contributed by atoms with Gasteiger partial charge in [0.05, 0.1) is 12.1 Å². The second kappa shape index (κ2) is 11.3. The summed E-state index contributed by atoms with van der Waals surface area (Å²) in [4.78, 5) is 67.3. The second-order valence-electron chi connectivity index (χ2n) is 11.6. The zero-order chi connectivity index (χ0) is 32.1. The number of aryl methyl sites for hydroxylation is 1. The molecule has 0 saturated heterocycles. The van der Waals surface area contributed by atoms with Crippen LogP contribution in [-0.4, -0.2) is 27.6 Å². The number of nitrogens with one attached hydrogen (secondary N) is 4. The number of benzene rings is 2. The highest BCUT2D eigenvalue weighted by molar-refractivity contribution is 6.01. The molecule has 0 fully saturated rings. The Bertz CT molecular complexity index is 2060. The predicted octanol–water partition coefficient (Wildman–Crippen LogP) is 2.16. The average Bonchev–Trinajstić information content (AvgIpc) is 3.80. The number of nitrogen functional groups attached to an aromatic ring is 1. The summed E-state index contributed by atoms with van der Waals surface area (Å²) in [6, 6.07) is 10.8. The summed E-state index contributed by atoms with van der Waals surface area (Å²) in [5, 5.41) is 9.02. The number of carbonyl (C=O) groups excluding carboxylic acids is 2. The fourth-order valence-electron chi connectivity index (χ4n) is 6.43. The highest BCUT2D eigenvalue weighted by atomic mass is 16.7. The third-order valence-electron chi connectivity index (χ3n) is 8.89. The van der Waals surface area contributed by atoms with Gasteiger partial charge in [0.2, 0.25) is 5.88 Å². The van der Waals surface area contributed by atoms with Crippen molar-refractivity contribution in [3.05, 3.63) is 126 Å². The first-order valence-corrected chi connectivity index (χ1v) is 14.9. The Balaban J connectivity index is 0.992. The number of amides is 2. The number of carbonyl (C=O) groups is 2. The molecular formula is C33H30N8O5. The van der Waals surface area contributed by atoms with Gasteiger partial charge in [-0.3, -0.25) is 19.2 Å². The molecule has 2 heterocycles. The molecule has 1 unspecified atom stereocenters. The number of nitrogens with two attached hydrogens (primary N) is 1. The Labute approximate surface area is 262 Å². The van der Waals surface area contributed by atoms with Crippen LogP contribution in [0.25, 0.3) is 0 Å². The molecule has 2 aliphatic carbocycles. The lowest BCUT2D eigenvalue weighted by Gasteiger charge is -2.18. The van der Waals surface area contributed by atoms with E-state index < -0.39 is 22.7 Å². The minimum absolute atomic E-state index is 0.0345. The average molecular weight is 619 g/mol. The van der Waals surface area contributed by atoms with E-state index in [9.17, 15) is 19.2 Å². The lowest BCUT2D eigenvalue weighted by molar-refractivity contribution is 0.0931. The van der Waals surface area contributed by atoms with E-state index in [0.29, 0.717) is 11.7 Å². The highest BCUT2D eigenvalue weighted by Gasteiger charge is 2.29. The van der Waals surface area contributed by atoms with Crippen LogP contribution in [0.15, 0.2) is 69.8 Å². The number of aromatic nitrogens is 2. The first-order chi connectivity index (χ1) is 22.2. The van der Waals surface area contributed by atoms with Crippen molar-refractivity contribution in [2.45, 2.75) is 51.2 Å². The van der Waals surface area contributed by atoms with Crippen LogP contribution in [0.5, 0.6) is 0 Å². The topological polar surface area (TPSA) is 190 Å². The van der Waals surface area contributed by atoms with Crippen molar-refractivity contribution < 1.29 is 14.4 Å². The molecule has 2 amide bonds. The number of hydrogen-bond acceptors (Lipinski definition) is 11. The molecule has 46 heavy (non-hydrogen) atoms. The normalized spacial score (nSPS) is 17.9. The summed E-state index contributed by atoms with van der Waals surface area (Å²) in [6.45, 7) is 5.94. The van der Waals surface area contributed by atoms with Crippen LogP contribution in [0.2, 0.25) is 0 Å². The standard InChI is InChI=1S/C33H30N8O5/c1-15-19-8-10-23(21(19)7-6-20(15)31-38-16(2)46-41-31)40-33(45)26-12-25(36-14-37-26)32(44)35-13-17-3-4-18-5-9-24(22(18)11-17)39-28-27(34)29(42)30(28)43/h3-4,6-7,11-12,14,23-24,39H,2,5,8-10,13,34H2,1H3,(H,35,44)(H,38,41)(H,40,45)/t23-,24?/m0/s1. The largest absolute Gasteiger partial charge is 0.394 e. The summed E-state index contributed by atoms with van der Waals surface area (Å²) in [6.07, 6.45) is 4.28. The Morgan fingerprint density at radius 1 is 1.00 bits per heavy atom. The fourth-order valence-corrected chi connectivity index (χ4v) is 6.43. The van der Waals surface area contributed by atoms with E-state index in [2.05, 4.69) is 43.0 Å². The van der Waals surface area contributed by atoms with Crippen molar-refractivity contribution in [3.63, 3.8) is 0 Å². The first kappa shape index (κ1) is 28.9. The SMILES string of the molecule is C=C1N=C(c2ccc3c(c2C)CC[C@@H]3NC(=O)c2cc(C(=O)NCc3ccc4c(c3)C(Nc3c(N)c(=O)c3=O)CC4)ncn2)NO1. The Kier molecular flexibility index (Phi) is 7.07. The van der Waals surface area contributed by atoms with Gasteiger partial charge in [0.25, 0.3) is 22.7 Å². The molecule has 0 spiro atoms. The Hall–Kier alpha value is -5.85. The quantitative estimate of drug-likeness (QED) is 0.183. The van der Waals surface area contributed by atoms with Crippen LogP contribution < -0.4 is 38.0 Å².